The Hall–Kier alpha value is -1.16. The summed E-state index contributed by atoms with van der Waals surface area (Å²) < 4.78 is 0. The summed E-state index contributed by atoms with van der Waals surface area (Å²) in [5.41, 5.74) is 7.89. The lowest BCUT2D eigenvalue weighted by Gasteiger charge is -2.28. The average Bonchev–Trinajstić information content (AvgIpc) is 2.46. The van der Waals surface area contributed by atoms with E-state index in [1.165, 1.54) is 6.42 Å². The maximum atomic E-state index is 10.5. The summed E-state index contributed by atoms with van der Waals surface area (Å²) >= 11 is 0. The van der Waals surface area contributed by atoms with Gasteiger partial charge >= 0.3 is 0 Å². The molecule has 0 radical (unpaired) electrons. The molecule has 0 aliphatic heterocycles. The van der Waals surface area contributed by atoms with E-state index in [4.69, 9.17) is 5.73 Å². The predicted octanol–water partition coefficient (Wildman–Crippen LogP) is 3.09. The fourth-order valence-corrected chi connectivity index (χ4v) is 3.04. The van der Waals surface area contributed by atoms with E-state index in [1.807, 2.05) is 31.2 Å². The van der Waals surface area contributed by atoms with E-state index >= 15 is 0 Å². The number of aliphatic hydroxyl groups is 2. The molecule has 0 heterocycles. The van der Waals surface area contributed by atoms with Crippen LogP contribution in [0.3, 0.4) is 0 Å². The Balaban J connectivity index is 2.15. The van der Waals surface area contributed by atoms with Gasteiger partial charge in [-0.05, 0) is 49.9 Å². The minimum Gasteiger partial charge on any atom is -0.388 e. The molecule has 0 bridgehead atoms. The number of hydrogen-bond donors (Lipinski definition) is 3. The minimum absolute atomic E-state index is 0.472. The van der Waals surface area contributed by atoms with Gasteiger partial charge < -0.3 is 15.9 Å². The van der Waals surface area contributed by atoms with Crippen LogP contribution in [0.2, 0.25) is 0 Å². The Morgan fingerprint density at radius 2 is 1.95 bits per heavy atom. The molecular formula is C18H27NO2. The van der Waals surface area contributed by atoms with Gasteiger partial charge in [0.15, 0.2) is 0 Å². The molecular weight excluding hydrogens is 262 g/mol. The van der Waals surface area contributed by atoms with E-state index in [1.54, 1.807) is 0 Å². The first-order valence-corrected chi connectivity index (χ1v) is 7.94. The fraction of sp³-hybridized carbons (Fsp3) is 0.556. The van der Waals surface area contributed by atoms with Gasteiger partial charge in [0.25, 0.3) is 0 Å². The molecule has 21 heavy (non-hydrogen) atoms. The van der Waals surface area contributed by atoms with Gasteiger partial charge in [-0.3, -0.25) is 0 Å². The Morgan fingerprint density at radius 3 is 2.62 bits per heavy atom. The second kappa shape index (κ2) is 7.21. The Kier molecular flexibility index (Phi) is 5.57. The molecule has 1 saturated carbocycles. The molecule has 1 atom stereocenters. The Labute approximate surface area is 127 Å². The van der Waals surface area contributed by atoms with Crippen molar-refractivity contribution < 1.29 is 10.2 Å². The van der Waals surface area contributed by atoms with Crippen LogP contribution in [0.1, 0.15) is 61.3 Å². The van der Waals surface area contributed by atoms with E-state index < -0.39 is 11.7 Å². The van der Waals surface area contributed by atoms with E-state index in [0.717, 1.165) is 42.4 Å². The number of rotatable bonds is 5. The van der Waals surface area contributed by atoms with Gasteiger partial charge in [0, 0.05) is 0 Å². The number of nitrogens with two attached hydrogens (primary N) is 1. The summed E-state index contributed by atoms with van der Waals surface area (Å²) in [7, 11) is 0. The van der Waals surface area contributed by atoms with Crippen LogP contribution >= 0.6 is 0 Å². The summed E-state index contributed by atoms with van der Waals surface area (Å²) in [4.78, 5) is 0. The highest BCUT2D eigenvalue weighted by Gasteiger charge is 2.25. The van der Waals surface area contributed by atoms with Crippen LogP contribution in [-0.4, -0.2) is 22.4 Å². The van der Waals surface area contributed by atoms with Crippen LogP contribution in [0.25, 0.3) is 6.08 Å². The topological polar surface area (TPSA) is 66.5 Å². The highest BCUT2D eigenvalue weighted by atomic mass is 16.3. The van der Waals surface area contributed by atoms with E-state index in [2.05, 4.69) is 6.07 Å². The van der Waals surface area contributed by atoms with Crippen molar-refractivity contribution in [3.8, 4) is 0 Å². The standard InChI is InChI=1S/C18H27NO2/c1-14-11-15(13-16(12-14)17(20)6-10-19)5-9-18(21)7-3-2-4-8-18/h5,9,11-13,17,20-21H,2-4,6-8,10,19H2,1H3. The third-order valence-electron chi connectivity index (χ3n) is 4.25. The molecule has 0 aromatic heterocycles. The van der Waals surface area contributed by atoms with E-state index in [9.17, 15) is 10.2 Å². The molecule has 1 unspecified atom stereocenters. The molecule has 116 valence electrons. The third kappa shape index (κ3) is 4.67. The first kappa shape index (κ1) is 16.2. The maximum Gasteiger partial charge on any atom is 0.0830 e. The molecule has 2 rings (SSSR count). The number of aryl methyl sites for hydroxylation is 1. The molecule has 0 amide bonds. The van der Waals surface area contributed by atoms with Crippen molar-refractivity contribution in [2.75, 3.05) is 6.54 Å². The normalized spacial score (nSPS) is 19.8. The smallest absolute Gasteiger partial charge is 0.0830 e. The minimum atomic E-state index is -0.655. The summed E-state index contributed by atoms with van der Waals surface area (Å²) in [6, 6.07) is 6.05. The molecule has 3 heteroatoms. The molecule has 1 aromatic carbocycles. The second-order valence-electron chi connectivity index (χ2n) is 6.27. The van der Waals surface area contributed by atoms with Crippen LogP contribution in [0.15, 0.2) is 24.3 Å². The number of hydrogen-bond acceptors (Lipinski definition) is 3. The van der Waals surface area contributed by atoms with Gasteiger partial charge in [0.05, 0.1) is 11.7 Å². The summed E-state index contributed by atoms with van der Waals surface area (Å²) in [6.45, 7) is 2.49. The zero-order valence-electron chi connectivity index (χ0n) is 12.9. The summed E-state index contributed by atoms with van der Waals surface area (Å²) in [5, 5.41) is 20.6. The molecule has 3 nitrogen and oxygen atoms in total. The van der Waals surface area contributed by atoms with Crippen LogP contribution in [-0.2, 0) is 0 Å². The molecule has 1 aliphatic rings. The van der Waals surface area contributed by atoms with Crippen molar-refractivity contribution in [3.63, 3.8) is 0 Å². The Morgan fingerprint density at radius 1 is 1.24 bits per heavy atom. The molecule has 1 fully saturated rings. The van der Waals surface area contributed by atoms with Gasteiger partial charge in [0.1, 0.15) is 0 Å². The van der Waals surface area contributed by atoms with Crippen LogP contribution < -0.4 is 5.73 Å². The molecule has 1 aromatic rings. The van der Waals surface area contributed by atoms with E-state index in [-0.39, 0.29) is 0 Å². The SMILES string of the molecule is Cc1cc(C=CC2(O)CCCCC2)cc(C(O)CCN)c1. The molecule has 4 N–H and O–H groups in total. The van der Waals surface area contributed by atoms with Crippen molar-refractivity contribution in [2.24, 2.45) is 5.73 Å². The van der Waals surface area contributed by atoms with Crippen LogP contribution in [0.4, 0.5) is 0 Å². The first-order valence-electron chi connectivity index (χ1n) is 7.94. The van der Waals surface area contributed by atoms with E-state index in [0.29, 0.717) is 13.0 Å². The maximum absolute atomic E-state index is 10.5. The second-order valence-corrected chi connectivity index (χ2v) is 6.27. The van der Waals surface area contributed by atoms with Crippen molar-refractivity contribution in [2.45, 2.75) is 57.2 Å². The van der Waals surface area contributed by atoms with Crippen LogP contribution in [0, 0.1) is 6.92 Å². The largest absolute Gasteiger partial charge is 0.388 e. The molecule has 1 aliphatic carbocycles. The quantitative estimate of drug-likeness (QED) is 0.780. The van der Waals surface area contributed by atoms with Crippen LogP contribution in [0.5, 0.6) is 0 Å². The number of benzene rings is 1. The highest BCUT2D eigenvalue weighted by molar-refractivity contribution is 5.53. The lowest BCUT2D eigenvalue weighted by atomic mass is 9.84. The van der Waals surface area contributed by atoms with Gasteiger partial charge in [-0.25, -0.2) is 0 Å². The first-order chi connectivity index (χ1) is 10.0. The van der Waals surface area contributed by atoms with Gasteiger partial charge in [0.2, 0.25) is 0 Å². The van der Waals surface area contributed by atoms with Gasteiger partial charge in [-0.15, -0.1) is 0 Å². The average molecular weight is 289 g/mol. The predicted molar refractivity (Wildman–Crippen MR) is 86.9 cm³/mol. The van der Waals surface area contributed by atoms with Crippen molar-refractivity contribution in [1.29, 1.82) is 0 Å². The van der Waals surface area contributed by atoms with Crippen molar-refractivity contribution in [1.82, 2.24) is 0 Å². The summed E-state index contributed by atoms with van der Waals surface area (Å²) in [5.74, 6) is 0. The third-order valence-corrected chi connectivity index (χ3v) is 4.25. The fourth-order valence-electron chi connectivity index (χ4n) is 3.04. The number of aliphatic hydroxyl groups excluding tert-OH is 1. The Bertz CT molecular complexity index is 490. The monoisotopic (exact) mass is 289 g/mol. The lowest BCUT2D eigenvalue weighted by molar-refractivity contribution is 0.0521. The lowest BCUT2D eigenvalue weighted by Crippen LogP contribution is -2.28. The van der Waals surface area contributed by atoms with Gasteiger partial charge in [-0.1, -0.05) is 49.1 Å². The highest BCUT2D eigenvalue weighted by Crippen LogP contribution is 2.30. The molecule has 0 saturated heterocycles. The van der Waals surface area contributed by atoms with Crippen molar-refractivity contribution >= 4 is 6.08 Å². The zero-order chi connectivity index (χ0) is 15.3. The summed E-state index contributed by atoms with van der Waals surface area (Å²) in [6.07, 6.45) is 9.06. The van der Waals surface area contributed by atoms with Gasteiger partial charge in [-0.2, -0.15) is 0 Å². The zero-order valence-corrected chi connectivity index (χ0v) is 12.9. The molecule has 0 spiro atoms. The van der Waals surface area contributed by atoms with Crippen molar-refractivity contribution in [3.05, 3.63) is 41.0 Å².